The number of hydrogen-bond donors (Lipinski definition) is 0. The second kappa shape index (κ2) is 9.06. The van der Waals surface area contributed by atoms with Gasteiger partial charge >= 0.3 is 6.18 Å². The van der Waals surface area contributed by atoms with E-state index in [0.717, 1.165) is 12.1 Å². The lowest BCUT2D eigenvalue weighted by atomic mass is 9.72. The van der Waals surface area contributed by atoms with Crippen LogP contribution < -0.4 is 0 Å². The van der Waals surface area contributed by atoms with Gasteiger partial charge in [-0.3, -0.25) is 4.79 Å². The highest BCUT2D eigenvalue weighted by atomic mass is 79.9. The molecule has 0 saturated carbocycles. The van der Waals surface area contributed by atoms with Crippen molar-refractivity contribution in [3.8, 4) is 0 Å². The Morgan fingerprint density at radius 3 is 2.50 bits per heavy atom. The van der Waals surface area contributed by atoms with Crippen LogP contribution in [0, 0.1) is 5.82 Å². The molecular weight excluding hydrogens is 466 g/mol. The molecule has 8 heteroatoms. The van der Waals surface area contributed by atoms with Crippen molar-refractivity contribution in [2.45, 2.75) is 37.9 Å². The number of likely N-dealkylation sites (N-methyl/N-ethyl adjacent to an activating group) is 1. The van der Waals surface area contributed by atoms with Crippen LogP contribution in [0.3, 0.4) is 0 Å². The molecule has 1 amide bonds. The molecular formula is C22H22BrF4NO2. The number of hydrogen-bond acceptors (Lipinski definition) is 2. The van der Waals surface area contributed by atoms with Gasteiger partial charge in [-0.2, -0.15) is 13.2 Å². The fourth-order valence-corrected chi connectivity index (χ4v) is 4.25. The maximum atomic E-state index is 14.3. The largest absolute Gasteiger partial charge is 0.416 e. The van der Waals surface area contributed by atoms with Crippen molar-refractivity contribution in [3.05, 3.63) is 69.4 Å². The molecule has 0 spiro atoms. The Kier molecular flexibility index (Phi) is 6.87. The topological polar surface area (TPSA) is 29.5 Å². The molecule has 1 fully saturated rings. The number of benzene rings is 2. The molecule has 2 aromatic carbocycles. The first-order valence-electron chi connectivity index (χ1n) is 9.66. The summed E-state index contributed by atoms with van der Waals surface area (Å²) >= 11 is 3.30. The molecule has 0 unspecified atom stereocenters. The normalized spacial score (nSPS) is 16.3. The van der Waals surface area contributed by atoms with E-state index in [2.05, 4.69) is 15.9 Å². The minimum atomic E-state index is -4.50. The van der Waals surface area contributed by atoms with Crippen LogP contribution in [-0.4, -0.2) is 30.6 Å². The number of nitrogens with zero attached hydrogens (tertiary/aromatic N) is 1. The molecule has 0 aliphatic carbocycles. The van der Waals surface area contributed by atoms with E-state index in [4.69, 9.17) is 4.74 Å². The Morgan fingerprint density at radius 2 is 1.87 bits per heavy atom. The Labute approximate surface area is 181 Å². The highest BCUT2D eigenvalue weighted by Crippen LogP contribution is 2.40. The molecule has 0 radical (unpaired) electrons. The van der Waals surface area contributed by atoms with Crippen molar-refractivity contribution < 1.29 is 27.1 Å². The van der Waals surface area contributed by atoms with Gasteiger partial charge in [0.25, 0.3) is 0 Å². The summed E-state index contributed by atoms with van der Waals surface area (Å²) in [5.41, 5.74) is -1.28. The van der Waals surface area contributed by atoms with Crippen LogP contribution in [0.15, 0.2) is 46.9 Å². The average molecular weight is 488 g/mol. The smallest absolute Gasteiger partial charge is 0.381 e. The number of rotatable bonds is 5. The van der Waals surface area contributed by atoms with Gasteiger partial charge < -0.3 is 9.64 Å². The van der Waals surface area contributed by atoms with Gasteiger partial charge in [0.2, 0.25) is 5.91 Å². The van der Waals surface area contributed by atoms with Crippen LogP contribution in [0.5, 0.6) is 0 Å². The monoisotopic (exact) mass is 487 g/mol. The van der Waals surface area contributed by atoms with Crippen LogP contribution >= 0.6 is 15.9 Å². The van der Waals surface area contributed by atoms with Crippen LogP contribution in [0.2, 0.25) is 0 Å². The number of carbonyl (C=O) groups is 1. The molecule has 1 heterocycles. The van der Waals surface area contributed by atoms with E-state index < -0.39 is 23.0 Å². The quantitative estimate of drug-likeness (QED) is 0.506. The van der Waals surface area contributed by atoms with E-state index in [-0.39, 0.29) is 38.5 Å². The van der Waals surface area contributed by atoms with E-state index in [1.165, 1.54) is 17.0 Å². The number of ether oxygens (including phenoxy) is 1. The summed E-state index contributed by atoms with van der Waals surface area (Å²) in [5.74, 6) is -0.753. The summed E-state index contributed by atoms with van der Waals surface area (Å²) in [7, 11) is 0. The third-order valence-corrected chi connectivity index (χ3v) is 6.03. The predicted octanol–water partition coefficient (Wildman–Crippen LogP) is 5.70. The zero-order chi connectivity index (χ0) is 21.9. The Balaban J connectivity index is 2.00. The molecule has 1 aliphatic rings. The fourth-order valence-electron chi connectivity index (χ4n) is 3.84. The molecule has 162 valence electrons. The minimum absolute atomic E-state index is 0.0299. The van der Waals surface area contributed by atoms with Gasteiger partial charge in [0.1, 0.15) is 5.82 Å². The third kappa shape index (κ3) is 4.70. The second-order valence-electron chi connectivity index (χ2n) is 7.33. The lowest BCUT2D eigenvalue weighted by molar-refractivity contribution is -0.142. The van der Waals surface area contributed by atoms with E-state index in [1.54, 1.807) is 25.1 Å². The molecule has 0 aromatic heterocycles. The first kappa shape index (κ1) is 22.7. The summed E-state index contributed by atoms with van der Waals surface area (Å²) in [6.07, 6.45) is -3.97. The number of amides is 1. The molecule has 0 atom stereocenters. The molecule has 1 aliphatic heterocycles. The van der Waals surface area contributed by atoms with Crippen LogP contribution in [0.4, 0.5) is 17.6 Å². The van der Waals surface area contributed by atoms with Crippen molar-refractivity contribution in [3.63, 3.8) is 0 Å². The van der Waals surface area contributed by atoms with Gasteiger partial charge in [-0.1, -0.05) is 34.1 Å². The van der Waals surface area contributed by atoms with E-state index in [0.29, 0.717) is 22.1 Å². The lowest BCUT2D eigenvalue weighted by Crippen LogP contribution is -2.49. The molecule has 3 rings (SSSR count). The highest BCUT2D eigenvalue weighted by molar-refractivity contribution is 9.10. The van der Waals surface area contributed by atoms with Gasteiger partial charge in [0.05, 0.1) is 11.0 Å². The second-order valence-corrected chi connectivity index (χ2v) is 8.24. The molecule has 2 aromatic rings. The van der Waals surface area contributed by atoms with Crippen molar-refractivity contribution >= 4 is 21.8 Å². The summed E-state index contributed by atoms with van der Waals surface area (Å²) in [6, 6.07) is 9.42. The highest BCUT2D eigenvalue weighted by Gasteiger charge is 2.45. The number of carbonyl (C=O) groups excluding carboxylic acids is 1. The minimum Gasteiger partial charge on any atom is -0.381 e. The van der Waals surface area contributed by atoms with Gasteiger partial charge in [-0.15, -0.1) is 0 Å². The molecule has 0 bridgehead atoms. The van der Waals surface area contributed by atoms with Gasteiger partial charge in [0.15, 0.2) is 0 Å². The van der Waals surface area contributed by atoms with Crippen LogP contribution in [-0.2, 0) is 27.7 Å². The zero-order valence-electron chi connectivity index (χ0n) is 16.4. The zero-order valence-corrected chi connectivity index (χ0v) is 18.0. The maximum absolute atomic E-state index is 14.3. The summed E-state index contributed by atoms with van der Waals surface area (Å²) < 4.78 is 60.2. The average Bonchev–Trinajstić information content (AvgIpc) is 2.74. The van der Waals surface area contributed by atoms with Crippen LogP contribution in [0.25, 0.3) is 0 Å². The SMILES string of the molecule is CCN(Cc1cc(Br)ccc1F)C(=O)C1(c2cccc(C(F)(F)F)c2)CCOCC1. The maximum Gasteiger partial charge on any atom is 0.416 e. The van der Waals surface area contributed by atoms with Gasteiger partial charge in [-0.25, -0.2) is 4.39 Å². The number of alkyl halides is 3. The standard InChI is InChI=1S/C22H22BrF4NO2/c1-2-28(14-15-12-18(23)6-7-19(15)24)20(29)21(8-10-30-11-9-21)16-4-3-5-17(13-16)22(25,26)27/h3-7,12-13H,2,8-11,14H2,1H3. The first-order chi connectivity index (χ1) is 14.2. The van der Waals surface area contributed by atoms with Crippen molar-refractivity contribution in [2.24, 2.45) is 0 Å². The molecule has 3 nitrogen and oxygen atoms in total. The Bertz CT molecular complexity index is 910. The summed E-state index contributed by atoms with van der Waals surface area (Å²) in [5, 5.41) is 0. The number of halogens is 5. The predicted molar refractivity (Wildman–Crippen MR) is 108 cm³/mol. The summed E-state index contributed by atoms with van der Waals surface area (Å²) in [6.45, 7) is 2.64. The Morgan fingerprint density at radius 1 is 1.17 bits per heavy atom. The molecule has 1 saturated heterocycles. The van der Waals surface area contributed by atoms with Crippen molar-refractivity contribution in [2.75, 3.05) is 19.8 Å². The fraction of sp³-hybridized carbons (Fsp3) is 0.409. The first-order valence-corrected chi connectivity index (χ1v) is 10.5. The molecule has 30 heavy (non-hydrogen) atoms. The van der Waals surface area contributed by atoms with Gasteiger partial charge in [-0.05, 0) is 49.6 Å². The van der Waals surface area contributed by atoms with E-state index in [1.807, 2.05) is 0 Å². The van der Waals surface area contributed by atoms with E-state index in [9.17, 15) is 22.4 Å². The Hall–Kier alpha value is -1.93. The summed E-state index contributed by atoms with van der Waals surface area (Å²) in [4.78, 5) is 15.2. The molecule has 0 N–H and O–H groups in total. The van der Waals surface area contributed by atoms with Gasteiger partial charge in [0, 0.05) is 36.3 Å². The van der Waals surface area contributed by atoms with Crippen molar-refractivity contribution in [1.29, 1.82) is 0 Å². The third-order valence-electron chi connectivity index (χ3n) is 5.54. The lowest BCUT2D eigenvalue weighted by Gasteiger charge is -2.40. The van der Waals surface area contributed by atoms with Crippen molar-refractivity contribution in [1.82, 2.24) is 4.90 Å². The van der Waals surface area contributed by atoms with E-state index >= 15 is 0 Å². The van der Waals surface area contributed by atoms with Crippen LogP contribution in [0.1, 0.15) is 36.5 Å².